The summed E-state index contributed by atoms with van der Waals surface area (Å²) in [5, 5.41) is 9.79. The topological polar surface area (TPSA) is 33.0 Å². The average Bonchev–Trinajstić information content (AvgIpc) is 2.54. The normalized spacial score (nSPS) is 11.9. The Balaban J connectivity index is 2.52. The molecule has 0 fully saturated rings. The van der Waals surface area contributed by atoms with E-state index < -0.39 is 11.7 Å². The van der Waals surface area contributed by atoms with Gasteiger partial charge in [-0.05, 0) is 48.9 Å². The van der Waals surface area contributed by atoms with Crippen LogP contribution in [-0.2, 0) is 6.18 Å². The lowest BCUT2D eigenvalue weighted by Crippen LogP contribution is -2.05. The molecule has 2 nitrogen and oxygen atoms in total. The fourth-order valence-electron chi connectivity index (χ4n) is 2.12. The molecule has 0 aromatic heterocycles. The van der Waals surface area contributed by atoms with Crippen LogP contribution >= 0.6 is 11.6 Å². The number of alkyl halides is 3. The molecule has 0 unspecified atom stereocenters. The van der Waals surface area contributed by atoms with Gasteiger partial charge in [0.1, 0.15) is 5.75 Å². The molecule has 124 valence electrons. The Morgan fingerprint density at radius 2 is 2.00 bits per heavy atom. The third-order valence-electron chi connectivity index (χ3n) is 3.19. The Morgan fingerprint density at radius 1 is 1.25 bits per heavy atom. The number of nitrogens with zero attached hydrogens (tertiary/aromatic N) is 1. The molecule has 24 heavy (non-hydrogen) atoms. The summed E-state index contributed by atoms with van der Waals surface area (Å²) >= 11 is 5.96. The minimum atomic E-state index is -4.47. The third kappa shape index (κ3) is 4.30. The number of nitriles is 1. The zero-order valence-corrected chi connectivity index (χ0v) is 13.4. The molecule has 0 radical (unpaired) electrons. The Morgan fingerprint density at radius 3 is 2.62 bits per heavy atom. The molecule has 0 amide bonds. The van der Waals surface area contributed by atoms with E-state index in [0.717, 1.165) is 12.1 Å². The number of benzene rings is 2. The van der Waals surface area contributed by atoms with Crippen LogP contribution in [0.25, 0.3) is 11.6 Å². The monoisotopic (exact) mass is 351 g/mol. The minimum Gasteiger partial charge on any atom is -0.493 e. The van der Waals surface area contributed by atoms with Crippen LogP contribution in [0.15, 0.2) is 42.5 Å². The molecule has 0 saturated carbocycles. The van der Waals surface area contributed by atoms with Gasteiger partial charge >= 0.3 is 6.18 Å². The van der Waals surface area contributed by atoms with Gasteiger partial charge in [-0.15, -0.1) is 0 Å². The van der Waals surface area contributed by atoms with Gasteiger partial charge in [0, 0.05) is 10.6 Å². The largest absolute Gasteiger partial charge is 0.493 e. The van der Waals surface area contributed by atoms with Gasteiger partial charge in [0.2, 0.25) is 0 Å². The van der Waals surface area contributed by atoms with E-state index in [0.29, 0.717) is 22.9 Å². The van der Waals surface area contributed by atoms with Crippen molar-refractivity contribution in [3.05, 3.63) is 64.2 Å². The van der Waals surface area contributed by atoms with E-state index in [2.05, 4.69) is 0 Å². The molecule has 2 aromatic carbocycles. The van der Waals surface area contributed by atoms with E-state index >= 15 is 0 Å². The van der Waals surface area contributed by atoms with Crippen molar-refractivity contribution in [2.45, 2.75) is 13.1 Å². The first-order valence-corrected chi connectivity index (χ1v) is 7.44. The van der Waals surface area contributed by atoms with Crippen LogP contribution in [0.1, 0.15) is 23.6 Å². The van der Waals surface area contributed by atoms with Crippen LogP contribution in [0.2, 0.25) is 5.02 Å². The summed E-state index contributed by atoms with van der Waals surface area (Å²) in [4.78, 5) is 0. The summed E-state index contributed by atoms with van der Waals surface area (Å²) in [6.07, 6.45) is -3.00. The zero-order valence-electron chi connectivity index (χ0n) is 12.7. The van der Waals surface area contributed by atoms with Crippen molar-refractivity contribution in [3.8, 4) is 11.8 Å². The van der Waals surface area contributed by atoms with Gasteiger partial charge in [-0.2, -0.15) is 18.4 Å². The maximum atomic E-state index is 12.8. The van der Waals surface area contributed by atoms with Crippen LogP contribution in [0.5, 0.6) is 5.75 Å². The van der Waals surface area contributed by atoms with Gasteiger partial charge in [-0.25, -0.2) is 0 Å². The highest BCUT2D eigenvalue weighted by Crippen LogP contribution is 2.32. The van der Waals surface area contributed by atoms with Crippen molar-refractivity contribution in [1.82, 2.24) is 0 Å². The minimum absolute atomic E-state index is 0.0873. The molecule has 0 aliphatic carbocycles. The van der Waals surface area contributed by atoms with Crippen LogP contribution in [0.3, 0.4) is 0 Å². The SMILES string of the molecule is CCOc1ccc(Cl)cc1/C=C(/C#N)c1cccc(C(F)(F)F)c1. The second kappa shape index (κ2) is 7.41. The number of rotatable bonds is 4. The number of hydrogen-bond acceptors (Lipinski definition) is 2. The molecule has 0 saturated heterocycles. The molecule has 0 bridgehead atoms. The summed E-state index contributed by atoms with van der Waals surface area (Å²) in [5.41, 5.74) is -0.0188. The quantitative estimate of drug-likeness (QED) is 0.513. The molecule has 0 aliphatic heterocycles. The summed E-state index contributed by atoms with van der Waals surface area (Å²) in [6, 6.07) is 11.4. The first-order chi connectivity index (χ1) is 11.3. The molecule has 0 spiro atoms. The van der Waals surface area contributed by atoms with Gasteiger partial charge in [0.05, 0.1) is 23.8 Å². The van der Waals surface area contributed by atoms with Gasteiger partial charge < -0.3 is 4.74 Å². The fourth-order valence-corrected chi connectivity index (χ4v) is 2.30. The van der Waals surface area contributed by atoms with Crippen LogP contribution in [0.4, 0.5) is 13.2 Å². The first kappa shape index (κ1) is 17.9. The van der Waals surface area contributed by atoms with E-state index in [9.17, 15) is 18.4 Å². The summed E-state index contributed by atoms with van der Waals surface area (Å²) < 4.78 is 44.0. The maximum absolute atomic E-state index is 12.8. The van der Waals surface area contributed by atoms with Crippen molar-refractivity contribution in [1.29, 1.82) is 5.26 Å². The first-order valence-electron chi connectivity index (χ1n) is 7.07. The molecule has 2 rings (SSSR count). The van der Waals surface area contributed by atoms with Crippen LogP contribution < -0.4 is 4.74 Å². The molecule has 0 aliphatic rings. The molecule has 6 heteroatoms. The van der Waals surface area contributed by atoms with E-state index in [-0.39, 0.29) is 11.1 Å². The average molecular weight is 352 g/mol. The third-order valence-corrected chi connectivity index (χ3v) is 3.43. The van der Waals surface area contributed by atoms with Gasteiger partial charge in [0.25, 0.3) is 0 Å². The molecule has 0 N–H and O–H groups in total. The summed E-state index contributed by atoms with van der Waals surface area (Å²) in [6.45, 7) is 2.22. The Hall–Kier alpha value is -2.45. The molecule has 0 heterocycles. The second-order valence-electron chi connectivity index (χ2n) is 4.86. The molecular weight excluding hydrogens is 339 g/mol. The highest BCUT2D eigenvalue weighted by molar-refractivity contribution is 6.30. The highest BCUT2D eigenvalue weighted by Gasteiger charge is 2.30. The van der Waals surface area contributed by atoms with Crippen molar-refractivity contribution >= 4 is 23.3 Å². The smallest absolute Gasteiger partial charge is 0.416 e. The standard InChI is InChI=1S/C18H13ClF3NO/c1-2-24-17-7-6-16(19)10-13(17)8-14(11-23)12-4-3-5-15(9-12)18(20,21)22/h3-10H,2H2,1H3/b14-8-. The second-order valence-corrected chi connectivity index (χ2v) is 5.30. The molecule has 2 aromatic rings. The Labute approximate surface area is 142 Å². The number of halogens is 4. The maximum Gasteiger partial charge on any atom is 0.416 e. The number of allylic oxidation sites excluding steroid dienone is 1. The van der Waals surface area contributed by atoms with Gasteiger partial charge in [0.15, 0.2) is 0 Å². The van der Waals surface area contributed by atoms with E-state index in [1.807, 2.05) is 6.07 Å². The lowest BCUT2D eigenvalue weighted by molar-refractivity contribution is -0.137. The van der Waals surface area contributed by atoms with E-state index in [1.54, 1.807) is 25.1 Å². The molecule has 0 atom stereocenters. The summed E-state index contributed by atoms with van der Waals surface area (Å²) in [5.74, 6) is 0.502. The lowest BCUT2D eigenvalue weighted by atomic mass is 10.0. The molecular formula is C18H13ClF3NO. The van der Waals surface area contributed by atoms with Crippen molar-refractivity contribution in [3.63, 3.8) is 0 Å². The fraction of sp³-hybridized carbons (Fsp3) is 0.167. The van der Waals surface area contributed by atoms with E-state index in [1.165, 1.54) is 18.2 Å². The van der Waals surface area contributed by atoms with Crippen LogP contribution in [0, 0.1) is 11.3 Å². The van der Waals surface area contributed by atoms with Gasteiger partial charge in [-0.3, -0.25) is 0 Å². The van der Waals surface area contributed by atoms with Crippen molar-refractivity contribution < 1.29 is 17.9 Å². The summed E-state index contributed by atoms with van der Waals surface area (Å²) in [7, 11) is 0. The highest BCUT2D eigenvalue weighted by atomic mass is 35.5. The Kier molecular flexibility index (Phi) is 5.53. The van der Waals surface area contributed by atoms with Crippen molar-refractivity contribution in [2.24, 2.45) is 0 Å². The number of ether oxygens (including phenoxy) is 1. The zero-order chi connectivity index (χ0) is 17.7. The van der Waals surface area contributed by atoms with Crippen LogP contribution in [-0.4, -0.2) is 6.61 Å². The number of hydrogen-bond donors (Lipinski definition) is 0. The Bertz CT molecular complexity index is 807. The van der Waals surface area contributed by atoms with Gasteiger partial charge in [-0.1, -0.05) is 23.7 Å². The van der Waals surface area contributed by atoms with E-state index in [4.69, 9.17) is 16.3 Å². The predicted octanol–water partition coefficient (Wildman–Crippen LogP) is 5.82. The van der Waals surface area contributed by atoms with Crippen molar-refractivity contribution in [2.75, 3.05) is 6.61 Å². The lowest BCUT2D eigenvalue weighted by Gasteiger charge is -2.10. The predicted molar refractivity (Wildman–Crippen MR) is 87.5 cm³/mol.